The molecule has 1 aromatic carbocycles. The Morgan fingerprint density at radius 2 is 1.94 bits per heavy atom. The lowest BCUT2D eigenvalue weighted by atomic mass is 9.85. The topological polar surface area (TPSA) is 29.5 Å². The Hall–Kier alpha value is -1.51. The van der Waals surface area contributed by atoms with Crippen LogP contribution in [0, 0.1) is 0 Å². The number of hydrogen-bond donors (Lipinski definition) is 0. The maximum Gasteiger partial charge on any atom is 0.267 e. The zero-order valence-corrected chi connectivity index (χ0v) is 11.1. The average Bonchev–Trinajstić information content (AvgIpc) is 2.24. The zero-order valence-electron chi connectivity index (χ0n) is 11.1. The first-order chi connectivity index (χ1) is 7.82. The van der Waals surface area contributed by atoms with Crippen LogP contribution >= 0.6 is 0 Å². The molecule has 0 fully saturated rings. The molecule has 1 aliphatic rings. The molecule has 1 aromatic rings. The van der Waals surface area contributed by atoms with Gasteiger partial charge in [-0.1, -0.05) is 32.9 Å². The number of para-hydroxylation sites is 1. The molecular formula is C14H19NO2. The molecule has 2 rings (SSSR count). The molecule has 0 spiro atoms. The average molecular weight is 233 g/mol. The van der Waals surface area contributed by atoms with Gasteiger partial charge in [0.25, 0.3) is 5.91 Å². The van der Waals surface area contributed by atoms with Crippen molar-refractivity contribution in [1.29, 1.82) is 0 Å². The van der Waals surface area contributed by atoms with Crippen molar-refractivity contribution in [2.75, 3.05) is 11.9 Å². The molecule has 92 valence electrons. The molecule has 0 aromatic heterocycles. The maximum atomic E-state index is 11.8. The van der Waals surface area contributed by atoms with Crippen LogP contribution in [-0.4, -0.2) is 19.1 Å². The number of ether oxygens (including phenoxy) is 1. The van der Waals surface area contributed by atoms with Gasteiger partial charge >= 0.3 is 0 Å². The van der Waals surface area contributed by atoms with Crippen LogP contribution in [0.3, 0.4) is 0 Å². The number of rotatable bonds is 0. The quantitative estimate of drug-likeness (QED) is 0.689. The van der Waals surface area contributed by atoms with Gasteiger partial charge in [0.05, 0.1) is 5.69 Å². The second-order valence-corrected chi connectivity index (χ2v) is 5.56. The van der Waals surface area contributed by atoms with Crippen LogP contribution in [0.4, 0.5) is 5.69 Å². The standard InChI is InChI=1S/C14H19NO2/c1-9-13(16)15(5)11-8-6-7-10(12(11)17-9)14(2,3)4/h6-9H,1-5H3. The summed E-state index contributed by atoms with van der Waals surface area (Å²) in [4.78, 5) is 13.5. The van der Waals surface area contributed by atoms with Crippen molar-refractivity contribution in [2.45, 2.75) is 39.2 Å². The van der Waals surface area contributed by atoms with Gasteiger partial charge in [0.1, 0.15) is 5.75 Å². The first-order valence-electron chi connectivity index (χ1n) is 5.90. The molecular weight excluding hydrogens is 214 g/mol. The summed E-state index contributed by atoms with van der Waals surface area (Å²) in [6.45, 7) is 8.23. The summed E-state index contributed by atoms with van der Waals surface area (Å²) in [5.41, 5.74) is 2.01. The summed E-state index contributed by atoms with van der Waals surface area (Å²) in [7, 11) is 1.80. The molecule has 0 N–H and O–H groups in total. The normalized spacial score (nSPS) is 19.9. The lowest BCUT2D eigenvalue weighted by Gasteiger charge is -2.34. The molecule has 0 saturated heterocycles. The molecule has 1 atom stereocenters. The van der Waals surface area contributed by atoms with Crippen LogP contribution in [0.2, 0.25) is 0 Å². The van der Waals surface area contributed by atoms with Crippen LogP contribution < -0.4 is 9.64 Å². The third kappa shape index (κ3) is 1.90. The molecule has 0 bridgehead atoms. The van der Waals surface area contributed by atoms with E-state index in [1.807, 2.05) is 12.1 Å². The van der Waals surface area contributed by atoms with E-state index in [0.717, 1.165) is 17.0 Å². The minimum absolute atomic E-state index is 0.00330. The highest BCUT2D eigenvalue weighted by Gasteiger charge is 2.32. The molecule has 1 unspecified atom stereocenters. The Balaban J connectivity index is 2.60. The van der Waals surface area contributed by atoms with E-state index in [1.54, 1.807) is 18.9 Å². The first kappa shape index (κ1) is 12.0. The number of carbonyl (C=O) groups excluding carboxylic acids is 1. The molecule has 0 aliphatic carbocycles. The van der Waals surface area contributed by atoms with Crippen molar-refractivity contribution >= 4 is 11.6 Å². The summed E-state index contributed by atoms with van der Waals surface area (Å²) in [5, 5.41) is 0. The van der Waals surface area contributed by atoms with E-state index in [0.29, 0.717) is 0 Å². The van der Waals surface area contributed by atoms with Gasteiger partial charge < -0.3 is 9.64 Å². The van der Waals surface area contributed by atoms with Crippen LogP contribution in [0.15, 0.2) is 18.2 Å². The monoisotopic (exact) mass is 233 g/mol. The van der Waals surface area contributed by atoms with Gasteiger partial charge in [-0.25, -0.2) is 0 Å². The van der Waals surface area contributed by atoms with Crippen molar-refractivity contribution in [1.82, 2.24) is 0 Å². The minimum atomic E-state index is -0.406. The smallest absolute Gasteiger partial charge is 0.267 e. The third-order valence-corrected chi connectivity index (χ3v) is 3.14. The van der Waals surface area contributed by atoms with E-state index < -0.39 is 6.10 Å². The van der Waals surface area contributed by atoms with E-state index in [2.05, 4.69) is 26.8 Å². The summed E-state index contributed by atoms with van der Waals surface area (Å²) < 4.78 is 5.78. The number of fused-ring (bicyclic) bond motifs is 1. The Bertz CT molecular complexity index is 460. The third-order valence-electron chi connectivity index (χ3n) is 3.14. The summed E-state index contributed by atoms with van der Waals surface area (Å²) >= 11 is 0. The van der Waals surface area contributed by atoms with Crippen molar-refractivity contribution in [3.63, 3.8) is 0 Å². The van der Waals surface area contributed by atoms with Gasteiger partial charge in [-0.3, -0.25) is 4.79 Å². The van der Waals surface area contributed by atoms with Crippen LogP contribution in [-0.2, 0) is 10.2 Å². The van der Waals surface area contributed by atoms with Gasteiger partial charge in [0, 0.05) is 12.6 Å². The van der Waals surface area contributed by atoms with Crippen molar-refractivity contribution in [3.05, 3.63) is 23.8 Å². The molecule has 1 amide bonds. The lowest BCUT2D eigenvalue weighted by molar-refractivity contribution is -0.125. The molecule has 3 nitrogen and oxygen atoms in total. The summed E-state index contributed by atoms with van der Waals surface area (Å²) in [6.07, 6.45) is -0.406. The SMILES string of the molecule is CC1Oc2c(cccc2C(C)(C)C)N(C)C1=O. The van der Waals surface area contributed by atoms with Crippen LogP contribution in [0.1, 0.15) is 33.3 Å². The van der Waals surface area contributed by atoms with E-state index in [9.17, 15) is 4.79 Å². The highest BCUT2D eigenvalue weighted by atomic mass is 16.5. The number of amides is 1. The van der Waals surface area contributed by atoms with Crippen LogP contribution in [0.25, 0.3) is 0 Å². The van der Waals surface area contributed by atoms with Gasteiger partial charge in [0.15, 0.2) is 6.10 Å². The molecule has 1 aliphatic heterocycles. The molecule has 1 heterocycles. The fourth-order valence-corrected chi connectivity index (χ4v) is 2.12. The number of carbonyl (C=O) groups is 1. The zero-order chi connectivity index (χ0) is 12.8. The highest BCUT2D eigenvalue weighted by molar-refractivity contribution is 5.99. The number of nitrogens with zero attached hydrogens (tertiary/aromatic N) is 1. The number of anilines is 1. The Kier molecular flexibility index (Phi) is 2.64. The van der Waals surface area contributed by atoms with E-state index >= 15 is 0 Å². The van der Waals surface area contributed by atoms with Gasteiger partial charge in [-0.05, 0) is 18.4 Å². The number of likely N-dealkylation sites (N-methyl/N-ethyl adjacent to an activating group) is 1. The van der Waals surface area contributed by atoms with Crippen molar-refractivity contribution < 1.29 is 9.53 Å². The van der Waals surface area contributed by atoms with E-state index in [4.69, 9.17) is 4.74 Å². The van der Waals surface area contributed by atoms with Crippen molar-refractivity contribution in [3.8, 4) is 5.75 Å². The maximum absolute atomic E-state index is 11.8. The summed E-state index contributed by atoms with van der Waals surface area (Å²) in [6, 6.07) is 5.96. The van der Waals surface area contributed by atoms with Gasteiger partial charge in [0.2, 0.25) is 0 Å². The first-order valence-corrected chi connectivity index (χ1v) is 5.90. The molecule has 3 heteroatoms. The number of hydrogen-bond acceptors (Lipinski definition) is 2. The molecule has 17 heavy (non-hydrogen) atoms. The predicted molar refractivity (Wildman–Crippen MR) is 68.6 cm³/mol. The minimum Gasteiger partial charge on any atom is -0.478 e. The van der Waals surface area contributed by atoms with Crippen molar-refractivity contribution in [2.24, 2.45) is 0 Å². The van der Waals surface area contributed by atoms with Crippen LogP contribution in [0.5, 0.6) is 5.75 Å². The highest BCUT2D eigenvalue weighted by Crippen LogP contribution is 2.41. The fourth-order valence-electron chi connectivity index (χ4n) is 2.12. The molecule has 0 saturated carbocycles. The fraction of sp³-hybridized carbons (Fsp3) is 0.500. The Morgan fingerprint density at radius 1 is 1.29 bits per heavy atom. The lowest BCUT2D eigenvalue weighted by Crippen LogP contribution is -2.42. The van der Waals surface area contributed by atoms with Gasteiger partial charge in [-0.15, -0.1) is 0 Å². The number of benzene rings is 1. The Labute approximate surface area is 102 Å². The summed E-state index contributed by atoms with van der Waals surface area (Å²) in [5.74, 6) is 0.846. The largest absolute Gasteiger partial charge is 0.478 e. The van der Waals surface area contributed by atoms with E-state index in [1.165, 1.54) is 0 Å². The second-order valence-electron chi connectivity index (χ2n) is 5.56. The van der Waals surface area contributed by atoms with Gasteiger partial charge in [-0.2, -0.15) is 0 Å². The Morgan fingerprint density at radius 3 is 2.53 bits per heavy atom. The second kappa shape index (κ2) is 3.76. The predicted octanol–water partition coefficient (Wildman–Crippen LogP) is 2.73. The van der Waals surface area contributed by atoms with E-state index in [-0.39, 0.29) is 11.3 Å². The molecule has 0 radical (unpaired) electrons.